The molecule has 0 bridgehead atoms. The molecule has 3 aromatic rings. The van der Waals surface area contributed by atoms with E-state index in [-0.39, 0.29) is 0 Å². The van der Waals surface area contributed by atoms with Gasteiger partial charge in [0.25, 0.3) is 0 Å². The van der Waals surface area contributed by atoms with Gasteiger partial charge in [0.05, 0.1) is 11.4 Å². The Morgan fingerprint density at radius 3 is 2.10 bits per heavy atom. The van der Waals surface area contributed by atoms with Crippen molar-refractivity contribution in [1.29, 1.82) is 0 Å². The van der Waals surface area contributed by atoms with E-state index in [1.807, 2.05) is 19.1 Å². The number of aromatic nitrogens is 2. The first-order valence-corrected chi connectivity index (χ1v) is 10.7. The molecule has 0 saturated carbocycles. The summed E-state index contributed by atoms with van der Waals surface area (Å²) in [5, 5.41) is 0. The van der Waals surface area contributed by atoms with Gasteiger partial charge in [-0.05, 0) is 26.2 Å². The van der Waals surface area contributed by atoms with Crippen molar-refractivity contribution in [3.8, 4) is 22.5 Å². The smallest absolute Gasteiger partial charge is 0.107 e. The summed E-state index contributed by atoms with van der Waals surface area (Å²) in [4.78, 5) is 8.50. The highest BCUT2D eigenvalue weighted by atomic mass is 16.5. The van der Waals surface area contributed by atoms with Gasteiger partial charge < -0.3 is 14.5 Å². The van der Waals surface area contributed by atoms with E-state index in [0.29, 0.717) is 0 Å². The lowest BCUT2D eigenvalue weighted by Gasteiger charge is -2.04. The molecule has 0 amide bonds. The number of unbranched alkanes of at least 4 members (excludes halogenated alkanes) is 2. The van der Waals surface area contributed by atoms with Crippen LogP contribution in [-0.4, -0.2) is 36.4 Å². The lowest BCUT2D eigenvalue weighted by molar-refractivity contribution is 0.0861. The molecule has 1 heterocycles. The predicted octanol–water partition coefficient (Wildman–Crippen LogP) is 5.90. The Balaban J connectivity index is 1.51. The summed E-state index contributed by atoms with van der Waals surface area (Å²) in [5.41, 5.74) is 4.45. The third-order valence-corrected chi connectivity index (χ3v) is 4.85. The molecule has 0 radical (unpaired) electrons. The van der Waals surface area contributed by atoms with Gasteiger partial charge in [0.1, 0.15) is 5.82 Å². The average molecular weight is 393 g/mol. The third kappa shape index (κ3) is 6.84. The van der Waals surface area contributed by atoms with Crippen LogP contribution in [0.1, 0.15) is 38.4 Å². The summed E-state index contributed by atoms with van der Waals surface area (Å²) in [6.45, 7) is 5.21. The predicted molar refractivity (Wildman–Crippen MR) is 119 cm³/mol. The molecular formula is C25H32N2O2. The summed E-state index contributed by atoms with van der Waals surface area (Å²) in [6.07, 6.45) is 5.28. The first-order valence-electron chi connectivity index (χ1n) is 10.7. The molecule has 0 fully saturated rings. The van der Waals surface area contributed by atoms with Crippen LogP contribution >= 0.6 is 0 Å². The Kier molecular flexibility index (Phi) is 8.95. The maximum absolute atomic E-state index is 5.67. The van der Waals surface area contributed by atoms with Crippen LogP contribution in [0.4, 0.5) is 0 Å². The van der Waals surface area contributed by atoms with Gasteiger partial charge in [-0.25, -0.2) is 4.98 Å². The van der Waals surface area contributed by atoms with Crippen molar-refractivity contribution in [3.05, 3.63) is 66.5 Å². The van der Waals surface area contributed by atoms with Gasteiger partial charge in [-0.1, -0.05) is 67.1 Å². The molecule has 0 aliphatic heterocycles. The first-order chi connectivity index (χ1) is 14.4. The Labute approximate surface area is 174 Å². The Morgan fingerprint density at radius 2 is 1.38 bits per heavy atom. The van der Waals surface area contributed by atoms with Crippen LogP contribution < -0.4 is 0 Å². The zero-order valence-corrected chi connectivity index (χ0v) is 17.4. The monoisotopic (exact) mass is 392 g/mol. The number of nitrogens with zero attached hydrogens (tertiary/aromatic N) is 1. The summed E-state index contributed by atoms with van der Waals surface area (Å²) in [6, 6.07) is 20.8. The number of nitrogens with one attached hydrogen (secondary N) is 1. The summed E-state index contributed by atoms with van der Waals surface area (Å²) in [5.74, 6) is 1.06. The molecule has 4 heteroatoms. The quantitative estimate of drug-likeness (QED) is 0.368. The molecule has 154 valence electrons. The van der Waals surface area contributed by atoms with Crippen molar-refractivity contribution < 1.29 is 9.47 Å². The minimum absolute atomic E-state index is 0.782. The van der Waals surface area contributed by atoms with E-state index in [0.717, 1.165) is 81.3 Å². The number of H-pyrrole nitrogens is 1. The molecule has 0 saturated heterocycles. The molecule has 0 aliphatic rings. The summed E-state index contributed by atoms with van der Waals surface area (Å²) in [7, 11) is 0. The topological polar surface area (TPSA) is 47.1 Å². The van der Waals surface area contributed by atoms with Crippen LogP contribution in [0, 0.1) is 0 Å². The minimum atomic E-state index is 0.782. The normalized spacial score (nSPS) is 11.1. The SMILES string of the molecule is CCOCCCOCCCCCc1nc(-c2ccccc2)c(-c2ccccc2)[nH]1. The highest BCUT2D eigenvalue weighted by Crippen LogP contribution is 2.30. The van der Waals surface area contributed by atoms with Crippen LogP contribution in [0.3, 0.4) is 0 Å². The number of hydrogen-bond donors (Lipinski definition) is 1. The molecule has 0 atom stereocenters. The number of benzene rings is 2. The number of hydrogen-bond acceptors (Lipinski definition) is 3. The van der Waals surface area contributed by atoms with E-state index in [1.54, 1.807) is 0 Å². The second-order valence-corrected chi connectivity index (χ2v) is 7.11. The van der Waals surface area contributed by atoms with Crippen molar-refractivity contribution in [2.24, 2.45) is 0 Å². The zero-order chi connectivity index (χ0) is 20.2. The standard InChI is InChI=1S/C25H32N2O2/c1-2-28-19-12-20-29-18-11-5-10-17-23-26-24(21-13-6-3-7-14-21)25(27-23)22-15-8-4-9-16-22/h3-4,6-9,13-16H,2,5,10-12,17-20H2,1H3,(H,26,27). The molecular weight excluding hydrogens is 360 g/mol. The van der Waals surface area contributed by atoms with E-state index in [2.05, 4.69) is 53.5 Å². The van der Waals surface area contributed by atoms with Gasteiger partial charge in [-0.3, -0.25) is 0 Å². The van der Waals surface area contributed by atoms with Crippen LogP contribution in [-0.2, 0) is 15.9 Å². The minimum Gasteiger partial charge on any atom is -0.382 e. The van der Waals surface area contributed by atoms with E-state index < -0.39 is 0 Å². The van der Waals surface area contributed by atoms with Crippen molar-refractivity contribution in [2.45, 2.75) is 39.0 Å². The number of aromatic amines is 1. The molecule has 29 heavy (non-hydrogen) atoms. The van der Waals surface area contributed by atoms with Gasteiger partial charge in [0.15, 0.2) is 0 Å². The third-order valence-electron chi connectivity index (χ3n) is 4.85. The average Bonchev–Trinajstić information content (AvgIpc) is 3.20. The van der Waals surface area contributed by atoms with Crippen molar-refractivity contribution in [3.63, 3.8) is 0 Å². The van der Waals surface area contributed by atoms with E-state index in [4.69, 9.17) is 14.5 Å². The largest absolute Gasteiger partial charge is 0.382 e. The molecule has 0 spiro atoms. The molecule has 4 nitrogen and oxygen atoms in total. The lowest BCUT2D eigenvalue weighted by atomic mass is 10.1. The maximum Gasteiger partial charge on any atom is 0.107 e. The Hall–Kier alpha value is -2.43. The number of ether oxygens (including phenoxy) is 2. The molecule has 0 unspecified atom stereocenters. The summed E-state index contributed by atoms with van der Waals surface area (Å²) >= 11 is 0. The first kappa shape index (κ1) is 21.3. The second kappa shape index (κ2) is 12.2. The van der Waals surface area contributed by atoms with Gasteiger partial charge in [-0.2, -0.15) is 0 Å². The van der Waals surface area contributed by atoms with Crippen LogP contribution in [0.25, 0.3) is 22.5 Å². The number of rotatable bonds is 13. The van der Waals surface area contributed by atoms with Gasteiger partial charge in [0.2, 0.25) is 0 Å². The van der Waals surface area contributed by atoms with Gasteiger partial charge in [-0.15, -0.1) is 0 Å². The molecule has 3 rings (SSSR count). The van der Waals surface area contributed by atoms with Crippen LogP contribution in [0.5, 0.6) is 0 Å². The fourth-order valence-corrected chi connectivity index (χ4v) is 3.34. The van der Waals surface area contributed by atoms with Crippen molar-refractivity contribution >= 4 is 0 Å². The van der Waals surface area contributed by atoms with Gasteiger partial charge in [0, 0.05) is 44.0 Å². The van der Waals surface area contributed by atoms with Crippen LogP contribution in [0.15, 0.2) is 60.7 Å². The molecule has 0 aliphatic carbocycles. The summed E-state index contributed by atoms with van der Waals surface area (Å²) < 4.78 is 11.0. The lowest BCUT2D eigenvalue weighted by Crippen LogP contribution is -2.02. The highest BCUT2D eigenvalue weighted by molar-refractivity contribution is 5.78. The van der Waals surface area contributed by atoms with Crippen LogP contribution in [0.2, 0.25) is 0 Å². The Morgan fingerprint density at radius 1 is 0.724 bits per heavy atom. The molecule has 1 aromatic heterocycles. The zero-order valence-electron chi connectivity index (χ0n) is 17.4. The fraction of sp³-hybridized carbons (Fsp3) is 0.400. The number of aryl methyl sites for hydroxylation is 1. The number of imidazole rings is 1. The molecule has 2 aromatic carbocycles. The second-order valence-electron chi connectivity index (χ2n) is 7.11. The van der Waals surface area contributed by atoms with E-state index in [1.165, 1.54) is 5.56 Å². The maximum atomic E-state index is 5.67. The van der Waals surface area contributed by atoms with E-state index in [9.17, 15) is 0 Å². The molecule has 1 N–H and O–H groups in total. The van der Waals surface area contributed by atoms with E-state index >= 15 is 0 Å². The van der Waals surface area contributed by atoms with Crippen molar-refractivity contribution in [1.82, 2.24) is 9.97 Å². The van der Waals surface area contributed by atoms with Crippen molar-refractivity contribution in [2.75, 3.05) is 26.4 Å². The van der Waals surface area contributed by atoms with Gasteiger partial charge >= 0.3 is 0 Å². The highest BCUT2D eigenvalue weighted by Gasteiger charge is 2.13. The Bertz CT molecular complexity index is 758. The fourth-order valence-electron chi connectivity index (χ4n) is 3.34.